The summed E-state index contributed by atoms with van der Waals surface area (Å²) in [6, 6.07) is 92.2. The number of aromatic nitrogens is 1. The molecule has 0 aliphatic carbocycles. The molecule has 0 amide bonds. The number of fused-ring (bicyclic) bond motifs is 7. The van der Waals surface area contributed by atoms with Crippen molar-refractivity contribution in [1.29, 1.82) is 0 Å². The van der Waals surface area contributed by atoms with Crippen LogP contribution in [-0.4, -0.2) is 4.57 Å². The fourth-order valence-electron chi connectivity index (χ4n) is 10.1. The van der Waals surface area contributed by atoms with Crippen LogP contribution in [0.5, 0.6) is 0 Å². The number of hydrogen-bond donors (Lipinski definition) is 0. The van der Waals surface area contributed by atoms with Gasteiger partial charge in [0.25, 0.3) is 0 Å². The first-order valence-corrected chi connectivity index (χ1v) is 22.9. The van der Waals surface area contributed by atoms with E-state index in [2.05, 4.69) is 252 Å². The van der Waals surface area contributed by atoms with Gasteiger partial charge in [-0.15, -0.1) is 0 Å². The van der Waals surface area contributed by atoms with Crippen molar-refractivity contribution >= 4 is 71.6 Å². The van der Waals surface area contributed by atoms with Crippen molar-refractivity contribution in [3.05, 3.63) is 255 Å². The summed E-state index contributed by atoms with van der Waals surface area (Å²) in [5.74, 6) is 0. The van der Waals surface area contributed by atoms with Crippen LogP contribution < -0.4 is 4.90 Å². The van der Waals surface area contributed by atoms with Crippen molar-refractivity contribution < 1.29 is 4.42 Å². The smallest absolute Gasteiger partial charge is 0.135 e. The Labute approximate surface area is 388 Å². The Morgan fingerprint density at radius 2 is 0.866 bits per heavy atom. The van der Waals surface area contributed by atoms with Gasteiger partial charge in [0.1, 0.15) is 11.2 Å². The second kappa shape index (κ2) is 16.0. The maximum absolute atomic E-state index is 6.24. The summed E-state index contributed by atoms with van der Waals surface area (Å²) in [5, 5.41) is 7.20. The van der Waals surface area contributed by atoms with Crippen LogP contribution in [0.4, 0.5) is 17.1 Å². The number of anilines is 3. The number of para-hydroxylation sites is 3. The quantitative estimate of drug-likeness (QED) is 0.152. The predicted octanol–water partition coefficient (Wildman–Crippen LogP) is 18.0. The molecule has 3 nitrogen and oxygen atoms in total. The molecular formula is C64H42N2O. The van der Waals surface area contributed by atoms with Gasteiger partial charge in [-0.25, -0.2) is 0 Å². The topological polar surface area (TPSA) is 21.3 Å². The van der Waals surface area contributed by atoms with Gasteiger partial charge in [-0.2, -0.15) is 0 Å². The number of benzene rings is 11. The minimum Gasteiger partial charge on any atom is -0.456 e. The Morgan fingerprint density at radius 3 is 1.67 bits per heavy atom. The molecule has 314 valence electrons. The van der Waals surface area contributed by atoms with Crippen molar-refractivity contribution in [3.63, 3.8) is 0 Å². The highest BCUT2D eigenvalue weighted by molar-refractivity contribution is 6.09. The minimum atomic E-state index is 0.890. The van der Waals surface area contributed by atoms with E-state index in [9.17, 15) is 0 Å². The average molecular weight is 855 g/mol. The lowest BCUT2D eigenvalue weighted by molar-refractivity contribution is 0.669. The van der Waals surface area contributed by atoms with E-state index in [1.807, 2.05) is 12.1 Å². The summed E-state index contributed by atoms with van der Waals surface area (Å²) in [7, 11) is 0. The van der Waals surface area contributed by atoms with Crippen LogP contribution in [0.1, 0.15) is 0 Å². The molecule has 0 bridgehead atoms. The molecule has 3 heteroatoms. The van der Waals surface area contributed by atoms with Gasteiger partial charge in [-0.05, 0) is 129 Å². The molecule has 11 aromatic carbocycles. The third-order valence-corrected chi connectivity index (χ3v) is 13.4. The van der Waals surface area contributed by atoms with E-state index < -0.39 is 0 Å². The van der Waals surface area contributed by atoms with Gasteiger partial charge in [-0.1, -0.05) is 176 Å². The van der Waals surface area contributed by atoms with Gasteiger partial charge < -0.3 is 13.9 Å². The second-order valence-corrected chi connectivity index (χ2v) is 17.3. The molecule has 0 fully saturated rings. The van der Waals surface area contributed by atoms with E-state index >= 15 is 0 Å². The molecule has 0 unspecified atom stereocenters. The normalized spacial score (nSPS) is 11.6. The van der Waals surface area contributed by atoms with Gasteiger partial charge in [0, 0.05) is 44.2 Å². The van der Waals surface area contributed by atoms with E-state index in [1.165, 1.54) is 38.1 Å². The van der Waals surface area contributed by atoms with Crippen LogP contribution in [0.2, 0.25) is 0 Å². The van der Waals surface area contributed by atoms with Crippen LogP contribution in [0.3, 0.4) is 0 Å². The Hall–Kier alpha value is -8.92. The summed E-state index contributed by atoms with van der Waals surface area (Å²) >= 11 is 0. The van der Waals surface area contributed by atoms with Crippen LogP contribution in [0.15, 0.2) is 259 Å². The average Bonchev–Trinajstić information content (AvgIpc) is 3.95. The van der Waals surface area contributed by atoms with E-state index in [0.717, 1.165) is 83.6 Å². The third-order valence-electron chi connectivity index (χ3n) is 13.4. The van der Waals surface area contributed by atoms with Crippen molar-refractivity contribution in [2.75, 3.05) is 4.90 Å². The van der Waals surface area contributed by atoms with Crippen LogP contribution in [0, 0.1) is 0 Å². The molecular weight excluding hydrogens is 813 g/mol. The fraction of sp³-hybridized carbons (Fsp3) is 0. The highest BCUT2D eigenvalue weighted by Gasteiger charge is 2.21. The lowest BCUT2D eigenvalue weighted by Crippen LogP contribution is -2.11. The Kier molecular flexibility index (Phi) is 9.17. The highest BCUT2D eigenvalue weighted by Crippen LogP contribution is 2.45. The molecule has 13 rings (SSSR count). The van der Waals surface area contributed by atoms with E-state index in [-0.39, 0.29) is 0 Å². The molecule has 0 radical (unpaired) electrons. The molecule has 0 saturated heterocycles. The molecule has 2 aromatic heterocycles. The molecule has 0 aliphatic rings. The number of nitrogens with zero attached hydrogens (tertiary/aromatic N) is 2. The largest absolute Gasteiger partial charge is 0.456 e. The zero-order chi connectivity index (χ0) is 44.3. The fourth-order valence-corrected chi connectivity index (χ4v) is 10.1. The standard InChI is InChI=1S/C64H42N2O/c1-2-15-45(16-3-1)55-36-32-51(49-29-28-43-14-4-5-17-46(43)38-49)42-62(55)65(53-20-13-19-48(40-53)50-33-37-64-59(41-50)58-24-8-11-27-63(58)67-64)52-34-30-44(31-35-52)47-18-12-21-54(39-47)66-60-25-9-6-22-56(60)57-23-7-10-26-61(57)66/h1-42H. The Bertz CT molecular complexity index is 3940. The molecule has 0 aliphatic heterocycles. The lowest BCUT2D eigenvalue weighted by Gasteiger charge is -2.29. The first-order chi connectivity index (χ1) is 33.2. The van der Waals surface area contributed by atoms with Gasteiger partial charge in [0.2, 0.25) is 0 Å². The van der Waals surface area contributed by atoms with Crippen molar-refractivity contribution in [2.45, 2.75) is 0 Å². The van der Waals surface area contributed by atoms with Crippen molar-refractivity contribution in [2.24, 2.45) is 0 Å². The molecule has 13 aromatic rings. The van der Waals surface area contributed by atoms with E-state index in [4.69, 9.17) is 4.42 Å². The molecule has 67 heavy (non-hydrogen) atoms. The van der Waals surface area contributed by atoms with E-state index in [0.29, 0.717) is 0 Å². The lowest BCUT2D eigenvalue weighted by atomic mass is 9.95. The zero-order valence-corrected chi connectivity index (χ0v) is 36.6. The van der Waals surface area contributed by atoms with E-state index in [1.54, 1.807) is 0 Å². The molecule has 0 spiro atoms. The highest BCUT2D eigenvalue weighted by atomic mass is 16.3. The summed E-state index contributed by atoms with van der Waals surface area (Å²) in [6.45, 7) is 0. The monoisotopic (exact) mass is 854 g/mol. The Morgan fingerprint density at radius 1 is 0.299 bits per heavy atom. The minimum absolute atomic E-state index is 0.890. The first-order valence-electron chi connectivity index (χ1n) is 22.9. The summed E-state index contributed by atoms with van der Waals surface area (Å²) in [6.07, 6.45) is 0. The summed E-state index contributed by atoms with van der Waals surface area (Å²) < 4.78 is 8.63. The van der Waals surface area contributed by atoms with Crippen LogP contribution >= 0.6 is 0 Å². The molecule has 0 atom stereocenters. The van der Waals surface area contributed by atoms with Crippen LogP contribution in [-0.2, 0) is 0 Å². The maximum atomic E-state index is 6.24. The van der Waals surface area contributed by atoms with Gasteiger partial charge in [-0.3, -0.25) is 0 Å². The first kappa shape index (κ1) is 38.5. The van der Waals surface area contributed by atoms with Crippen molar-refractivity contribution in [3.8, 4) is 50.2 Å². The van der Waals surface area contributed by atoms with Gasteiger partial charge >= 0.3 is 0 Å². The number of hydrogen-bond acceptors (Lipinski definition) is 2. The summed E-state index contributed by atoms with van der Waals surface area (Å²) in [5.41, 5.74) is 17.7. The van der Waals surface area contributed by atoms with Crippen LogP contribution in [0.25, 0.3) is 105 Å². The number of rotatable bonds is 8. The maximum Gasteiger partial charge on any atom is 0.135 e. The third kappa shape index (κ3) is 6.76. The number of furan rings is 1. The molecule has 0 saturated carbocycles. The SMILES string of the molecule is c1ccc(-c2ccc(-c3ccc4ccccc4c3)cc2N(c2ccc(-c3cccc(-n4c5ccccc5c5ccccc54)c3)cc2)c2cccc(-c3ccc4oc5ccccc5c4c3)c2)cc1. The molecule has 2 heterocycles. The van der Waals surface area contributed by atoms with Crippen molar-refractivity contribution in [1.82, 2.24) is 4.57 Å². The second-order valence-electron chi connectivity index (χ2n) is 17.3. The van der Waals surface area contributed by atoms with Gasteiger partial charge in [0.15, 0.2) is 0 Å². The summed E-state index contributed by atoms with van der Waals surface area (Å²) in [4.78, 5) is 2.43. The molecule has 0 N–H and O–H groups in total. The van der Waals surface area contributed by atoms with Gasteiger partial charge in [0.05, 0.1) is 16.7 Å². The predicted molar refractivity (Wildman–Crippen MR) is 282 cm³/mol. The Balaban J connectivity index is 0.973. The zero-order valence-electron chi connectivity index (χ0n) is 36.6.